The van der Waals surface area contributed by atoms with Gasteiger partial charge in [0.2, 0.25) is 0 Å². The minimum absolute atomic E-state index is 0.0245. The molecule has 0 fully saturated rings. The third kappa shape index (κ3) is 3.19. The summed E-state index contributed by atoms with van der Waals surface area (Å²) < 4.78 is 13.1. The average Bonchev–Trinajstić information content (AvgIpc) is 2.93. The Balaban J connectivity index is 2.53. The molecule has 114 valence electrons. The van der Waals surface area contributed by atoms with Crippen LogP contribution in [0.15, 0.2) is 30.7 Å². The molecule has 1 aromatic heterocycles. The number of imidazole rings is 1. The number of ether oxygens (including phenoxy) is 2. The zero-order chi connectivity index (χ0) is 15.2. The maximum absolute atomic E-state index is 5.54. The summed E-state index contributed by atoms with van der Waals surface area (Å²) in [5.41, 5.74) is 2.07. The van der Waals surface area contributed by atoms with Crippen molar-refractivity contribution in [2.24, 2.45) is 7.05 Å². The van der Waals surface area contributed by atoms with E-state index in [0.29, 0.717) is 0 Å². The lowest BCUT2D eigenvalue weighted by Crippen LogP contribution is -2.26. The number of nitrogens with zero attached hydrogens (tertiary/aromatic N) is 2. The predicted molar refractivity (Wildman–Crippen MR) is 82.9 cm³/mol. The van der Waals surface area contributed by atoms with Gasteiger partial charge in [0, 0.05) is 7.05 Å². The molecule has 5 heteroatoms. The van der Waals surface area contributed by atoms with Gasteiger partial charge in [-0.05, 0) is 25.1 Å². The van der Waals surface area contributed by atoms with Crippen molar-refractivity contribution in [2.45, 2.75) is 19.4 Å². The summed E-state index contributed by atoms with van der Waals surface area (Å²) in [5.74, 6) is 1.62. The van der Waals surface area contributed by atoms with E-state index in [0.717, 1.165) is 35.7 Å². The van der Waals surface area contributed by atoms with Gasteiger partial charge in [0.15, 0.2) is 0 Å². The van der Waals surface area contributed by atoms with E-state index in [4.69, 9.17) is 9.47 Å². The zero-order valence-electron chi connectivity index (χ0n) is 13.1. The van der Waals surface area contributed by atoms with Crippen LogP contribution in [0.5, 0.6) is 11.5 Å². The molecule has 0 aliphatic heterocycles. The lowest BCUT2D eigenvalue weighted by Gasteiger charge is -2.23. The van der Waals surface area contributed by atoms with Crippen LogP contribution in [0.1, 0.15) is 30.6 Å². The number of benzene rings is 1. The fourth-order valence-electron chi connectivity index (χ4n) is 2.45. The molecule has 2 rings (SSSR count). The van der Waals surface area contributed by atoms with Crippen LogP contribution in [0.3, 0.4) is 0 Å². The number of aromatic nitrogens is 2. The molecule has 21 heavy (non-hydrogen) atoms. The van der Waals surface area contributed by atoms with Gasteiger partial charge in [0.25, 0.3) is 0 Å². The highest BCUT2D eigenvalue weighted by atomic mass is 16.5. The van der Waals surface area contributed by atoms with Gasteiger partial charge in [0.1, 0.15) is 11.5 Å². The Kier molecular flexibility index (Phi) is 5.22. The van der Waals surface area contributed by atoms with Crippen LogP contribution < -0.4 is 14.8 Å². The molecule has 0 aliphatic carbocycles. The second kappa shape index (κ2) is 7.13. The molecule has 5 nitrogen and oxygen atoms in total. The smallest absolute Gasteiger partial charge is 0.127 e. The maximum atomic E-state index is 5.54. The summed E-state index contributed by atoms with van der Waals surface area (Å²) in [4.78, 5) is 4.23. The topological polar surface area (TPSA) is 48.3 Å². The van der Waals surface area contributed by atoms with Crippen molar-refractivity contribution in [2.75, 3.05) is 20.8 Å². The van der Waals surface area contributed by atoms with E-state index in [9.17, 15) is 0 Å². The fraction of sp³-hybridized carbons (Fsp3) is 0.438. The maximum Gasteiger partial charge on any atom is 0.127 e. The molecular weight excluding hydrogens is 266 g/mol. The van der Waals surface area contributed by atoms with E-state index in [1.807, 2.05) is 36.0 Å². The van der Waals surface area contributed by atoms with Gasteiger partial charge in [-0.1, -0.05) is 13.0 Å². The van der Waals surface area contributed by atoms with E-state index >= 15 is 0 Å². The van der Waals surface area contributed by atoms with E-state index in [1.165, 1.54) is 0 Å². The van der Waals surface area contributed by atoms with E-state index in [1.54, 1.807) is 20.5 Å². The second-order valence-electron chi connectivity index (χ2n) is 4.89. The molecule has 1 atom stereocenters. The van der Waals surface area contributed by atoms with E-state index < -0.39 is 0 Å². The summed E-state index contributed by atoms with van der Waals surface area (Å²) in [6, 6.07) is 5.81. The Labute approximate surface area is 125 Å². The molecule has 2 aromatic rings. The van der Waals surface area contributed by atoms with Gasteiger partial charge >= 0.3 is 0 Å². The number of hydrogen-bond acceptors (Lipinski definition) is 4. The van der Waals surface area contributed by atoms with Crippen LogP contribution in [-0.2, 0) is 7.05 Å². The number of nitrogens with one attached hydrogen (secondary N) is 1. The SMILES string of the molecule is CCCNC(c1c(OC)cccc1OC)c1cncn1C. The number of hydrogen-bond donors (Lipinski definition) is 1. The number of rotatable bonds is 7. The third-order valence-electron chi connectivity index (χ3n) is 3.50. The van der Waals surface area contributed by atoms with Crippen molar-refractivity contribution in [3.63, 3.8) is 0 Å². The molecule has 0 saturated carbocycles. The van der Waals surface area contributed by atoms with E-state index in [-0.39, 0.29) is 6.04 Å². The van der Waals surface area contributed by atoms with E-state index in [2.05, 4.69) is 17.2 Å². The van der Waals surface area contributed by atoms with Gasteiger partial charge in [-0.15, -0.1) is 0 Å². The van der Waals surface area contributed by atoms with Crippen LogP contribution in [0.25, 0.3) is 0 Å². The lowest BCUT2D eigenvalue weighted by atomic mass is 10.0. The van der Waals surface area contributed by atoms with Crippen molar-refractivity contribution in [1.82, 2.24) is 14.9 Å². The Morgan fingerprint density at radius 3 is 2.38 bits per heavy atom. The molecule has 0 amide bonds. The van der Waals surface area contributed by atoms with Crippen molar-refractivity contribution < 1.29 is 9.47 Å². The standard InChI is InChI=1S/C16H23N3O2/c1-5-9-18-16(12-10-17-11-19(12)2)15-13(20-3)7-6-8-14(15)21-4/h6-8,10-11,16,18H,5,9H2,1-4H3. The van der Waals surface area contributed by atoms with Crippen molar-refractivity contribution in [1.29, 1.82) is 0 Å². The predicted octanol–water partition coefficient (Wildman–Crippen LogP) is 2.53. The second-order valence-corrected chi connectivity index (χ2v) is 4.89. The highest BCUT2D eigenvalue weighted by Crippen LogP contribution is 2.37. The Morgan fingerprint density at radius 2 is 1.90 bits per heavy atom. The van der Waals surface area contributed by atoms with Gasteiger partial charge in [0.05, 0.1) is 44.0 Å². The molecule has 0 saturated heterocycles. The normalized spacial score (nSPS) is 12.2. The molecule has 0 bridgehead atoms. The monoisotopic (exact) mass is 289 g/mol. The molecule has 1 aromatic carbocycles. The van der Waals surface area contributed by atoms with Crippen LogP contribution in [0, 0.1) is 0 Å². The summed E-state index contributed by atoms with van der Waals surface area (Å²) in [6.45, 7) is 3.05. The van der Waals surface area contributed by atoms with Gasteiger partial charge in [-0.2, -0.15) is 0 Å². The summed E-state index contributed by atoms with van der Waals surface area (Å²) in [6.07, 6.45) is 4.73. The molecular formula is C16H23N3O2. The first kappa shape index (κ1) is 15.4. The summed E-state index contributed by atoms with van der Waals surface area (Å²) >= 11 is 0. The van der Waals surface area contributed by atoms with Crippen molar-refractivity contribution >= 4 is 0 Å². The minimum Gasteiger partial charge on any atom is -0.496 e. The quantitative estimate of drug-likeness (QED) is 0.851. The van der Waals surface area contributed by atoms with Gasteiger partial charge < -0.3 is 19.4 Å². The zero-order valence-corrected chi connectivity index (χ0v) is 13.1. The lowest BCUT2D eigenvalue weighted by molar-refractivity contribution is 0.375. The minimum atomic E-state index is -0.0245. The number of aryl methyl sites for hydroxylation is 1. The van der Waals surface area contributed by atoms with Gasteiger partial charge in [-0.3, -0.25) is 0 Å². The highest BCUT2D eigenvalue weighted by molar-refractivity contribution is 5.49. The van der Waals surface area contributed by atoms with Crippen LogP contribution in [0.2, 0.25) is 0 Å². The highest BCUT2D eigenvalue weighted by Gasteiger charge is 2.24. The molecule has 1 heterocycles. The molecule has 0 radical (unpaired) electrons. The Morgan fingerprint density at radius 1 is 1.24 bits per heavy atom. The third-order valence-corrected chi connectivity index (χ3v) is 3.50. The first-order valence-electron chi connectivity index (χ1n) is 7.13. The Bertz CT molecular complexity index is 558. The van der Waals surface area contributed by atoms with Gasteiger partial charge in [-0.25, -0.2) is 4.98 Å². The molecule has 1 N–H and O–H groups in total. The van der Waals surface area contributed by atoms with Crippen molar-refractivity contribution in [3.8, 4) is 11.5 Å². The summed E-state index contributed by atoms with van der Waals surface area (Å²) in [5, 5.41) is 3.56. The average molecular weight is 289 g/mol. The Hall–Kier alpha value is -2.01. The van der Waals surface area contributed by atoms with Crippen LogP contribution >= 0.6 is 0 Å². The molecule has 0 spiro atoms. The molecule has 1 unspecified atom stereocenters. The number of methoxy groups -OCH3 is 2. The first-order valence-corrected chi connectivity index (χ1v) is 7.13. The van der Waals surface area contributed by atoms with Crippen LogP contribution in [-0.4, -0.2) is 30.3 Å². The molecule has 0 aliphatic rings. The summed E-state index contributed by atoms with van der Waals surface area (Å²) in [7, 11) is 5.35. The largest absolute Gasteiger partial charge is 0.496 e. The van der Waals surface area contributed by atoms with Crippen LogP contribution in [0.4, 0.5) is 0 Å². The fourth-order valence-corrected chi connectivity index (χ4v) is 2.45. The first-order chi connectivity index (χ1) is 10.2. The van der Waals surface area contributed by atoms with Crippen molar-refractivity contribution in [3.05, 3.63) is 42.0 Å².